The largest absolute Gasteiger partial charge is 0.354 e. The lowest BCUT2D eigenvalue weighted by molar-refractivity contribution is -0.135. The summed E-state index contributed by atoms with van der Waals surface area (Å²) in [6, 6.07) is 7.61. The number of rotatable bonds is 6. The Morgan fingerprint density at radius 3 is 2.69 bits per heavy atom. The molecular formula is C19H27ClIN7O. The summed E-state index contributed by atoms with van der Waals surface area (Å²) >= 11 is 5.93. The number of carbonyl (C=O) groups excluding carboxylic acids is 1. The molecule has 1 fully saturated rings. The first-order valence-corrected chi connectivity index (χ1v) is 9.83. The highest BCUT2D eigenvalue weighted by atomic mass is 127. The van der Waals surface area contributed by atoms with Crippen molar-refractivity contribution in [3.05, 3.63) is 47.0 Å². The predicted octanol–water partition coefficient (Wildman–Crippen LogP) is 2.03. The van der Waals surface area contributed by atoms with Gasteiger partial charge in [0.15, 0.2) is 5.96 Å². The maximum atomic E-state index is 12.6. The molecule has 2 aromatic rings. The summed E-state index contributed by atoms with van der Waals surface area (Å²) in [6.07, 6.45) is 2.58. The molecule has 8 nitrogen and oxygen atoms in total. The molecule has 0 saturated carbocycles. The van der Waals surface area contributed by atoms with Gasteiger partial charge in [-0.25, -0.2) is 0 Å². The number of amides is 1. The van der Waals surface area contributed by atoms with Crippen LogP contribution in [0.3, 0.4) is 0 Å². The fourth-order valence-electron chi connectivity index (χ4n) is 3.23. The normalized spacial score (nSPS) is 14.7. The van der Waals surface area contributed by atoms with Crippen molar-refractivity contribution in [2.24, 2.45) is 4.99 Å². The van der Waals surface area contributed by atoms with E-state index in [1.54, 1.807) is 13.4 Å². The number of aliphatic imine (C=N–C) groups is 1. The summed E-state index contributed by atoms with van der Waals surface area (Å²) in [5.41, 5.74) is 1.08. The van der Waals surface area contributed by atoms with E-state index >= 15 is 0 Å². The number of benzene rings is 1. The number of hydrogen-bond donors (Lipinski definition) is 1. The fourth-order valence-corrected chi connectivity index (χ4v) is 3.35. The minimum Gasteiger partial charge on any atom is -0.354 e. The molecule has 0 spiro atoms. The topological polar surface area (TPSA) is 78.7 Å². The Morgan fingerprint density at radius 2 is 2.03 bits per heavy atom. The number of piperazine rings is 1. The lowest BCUT2D eigenvalue weighted by atomic mass is 10.2. The van der Waals surface area contributed by atoms with E-state index < -0.39 is 0 Å². The number of aromatic nitrogens is 3. The lowest BCUT2D eigenvalue weighted by Crippen LogP contribution is -2.55. The quantitative estimate of drug-likeness (QED) is 0.351. The molecule has 0 atom stereocenters. The van der Waals surface area contributed by atoms with Crippen LogP contribution in [-0.4, -0.2) is 69.7 Å². The maximum absolute atomic E-state index is 12.6. The maximum Gasteiger partial charge on any atom is 0.242 e. The van der Waals surface area contributed by atoms with E-state index in [2.05, 4.69) is 27.4 Å². The van der Waals surface area contributed by atoms with Gasteiger partial charge in [0.2, 0.25) is 5.91 Å². The third kappa shape index (κ3) is 6.30. The number of halogens is 2. The summed E-state index contributed by atoms with van der Waals surface area (Å²) in [5, 5.41) is 12.1. The van der Waals surface area contributed by atoms with Crippen molar-refractivity contribution in [2.45, 2.75) is 26.4 Å². The second-order valence-corrected chi connectivity index (χ2v) is 7.07. The molecule has 1 N–H and O–H groups in total. The predicted molar refractivity (Wildman–Crippen MR) is 125 cm³/mol. The van der Waals surface area contributed by atoms with Crippen molar-refractivity contribution in [2.75, 3.05) is 33.2 Å². The molecule has 158 valence electrons. The second kappa shape index (κ2) is 11.3. The molecule has 1 aromatic heterocycles. The Bertz CT molecular complexity index is 824. The molecule has 1 aliphatic rings. The van der Waals surface area contributed by atoms with Gasteiger partial charge >= 0.3 is 0 Å². The van der Waals surface area contributed by atoms with Crippen LogP contribution in [0.4, 0.5) is 0 Å². The molecule has 10 heteroatoms. The van der Waals surface area contributed by atoms with Crippen LogP contribution < -0.4 is 5.32 Å². The Kier molecular flexibility index (Phi) is 9.15. The first kappa shape index (κ1) is 23.4. The molecule has 29 heavy (non-hydrogen) atoms. The minimum absolute atomic E-state index is 0. The Labute approximate surface area is 193 Å². The van der Waals surface area contributed by atoms with Crippen LogP contribution >= 0.6 is 35.6 Å². The van der Waals surface area contributed by atoms with E-state index in [-0.39, 0.29) is 29.9 Å². The summed E-state index contributed by atoms with van der Waals surface area (Å²) in [5.74, 6) is 1.80. The molecule has 3 rings (SSSR count). The van der Waals surface area contributed by atoms with Crippen molar-refractivity contribution >= 4 is 47.4 Å². The van der Waals surface area contributed by atoms with Gasteiger partial charge in [0.25, 0.3) is 0 Å². The minimum atomic E-state index is 0. The fraction of sp³-hybridized carbons (Fsp3) is 0.474. The first-order chi connectivity index (χ1) is 13.6. The van der Waals surface area contributed by atoms with Gasteiger partial charge in [-0.3, -0.25) is 9.79 Å². The van der Waals surface area contributed by atoms with E-state index in [0.717, 1.165) is 36.9 Å². The van der Waals surface area contributed by atoms with Gasteiger partial charge in [-0.15, -0.1) is 34.2 Å². The van der Waals surface area contributed by atoms with Crippen LogP contribution in [0.15, 0.2) is 35.6 Å². The second-order valence-electron chi connectivity index (χ2n) is 6.63. The highest BCUT2D eigenvalue weighted by Crippen LogP contribution is 2.13. The highest BCUT2D eigenvalue weighted by Gasteiger charge is 2.25. The third-order valence-corrected chi connectivity index (χ3v) is 5.02. The Hall–Kier alpha value is -1.88. The van der Waals surface area contributed by atoms with E-state index in [9.17, 15) is 4.79 Å². The monoisotopic (exact) mass is 531 g/mol. The first-order valence-electron chi connectivity index (χ1n) is 9.45. The van der Waals surface area contributed by atoms with Gasteiger partial charge in [0.1, 0.15) is 12.2 Å². The van der Waals surface area contributed by atoms with Crippen LogP contribution in [0.25, 0.3) is 0 Å². The van der Waals surface area contributed by atoms with Crippen LogP contribution in [0, 0.1) is 0 Å². The number of hydrogen-bond acceptors (Lipinski definition) is 4. The molecule has 0 aliphatic carbocycles. The lowest BCUT2D eigenvalue weighted by Gasteiger charge is -2.36. The van der Waals surface area contributed by atoms with Gasteiger partial charge in [0.05, 0.1) is 6.54 Å². The van der Waals surface area contributed by atoms with Crippen molar-refractivity contribution in [1.82, 2.24) is 29.9 Å². The van der Waals surface area contributed by atoms with E-state index in [1.807, 2.05) is 38.6 Å². The molecule has 1 saturated heterocycles. The zero-order chi connectivity index (χ0) is 19.9. The van der Waals surface area contributed by atoms with Crippen LogP contribution in [0.1, 0.15) is 18.3 Å². The van der Waals surface area contributed by atoms with Crippen LogP contribution in [-0.2, 0) is 24.3 Å². The van der Waals surface area contributed by atoms with Crippen molar-refractivity contribution in [1.29, 1.82) is 0 Å². The molecule has 2 heterocycles. The number of carbonyl (C=O) groups is 1. The average Bonchev–Trinajstić information content (AvgIpc) is 3.16. The van der Waals surface area contributed by atoms with Gasteiger partial charge in [-0.2, -0.15) is 0 Å². The van der Waals surface area contributed by atoms with Gasteiger partial charge in [-0.05, 0) is 17.7 Å². The van der Waals surface area contributed by atoms with Crippen molar-refractivity contribution < 1.29 is 4.79 Å². The zero-order valence-corrected chi connectivity index (χ0v) is 19.8. The molecule has 0 bridgehead atoms. The average molecular weight is 532 g/mol. The van der Waals surface area contributed by atoms with Crippen LogP contribution in [0.5, 0.6) is 0 Å². The smallest absolute Gasteiger partial charge is 0.242 e. The SMILES string of the molecule is CCc1nncn1CCNC(=NC)N1CCN(Cc2ccc(Cl)cc2)C(=O)C1.I. The van der Waals surface area contributed by atoms with Crippen LogP contribution in [0.2, 0.25) is 5.02 Å². The van der Waals surface area contributed by atoms with Gasteiger partial charge < -0.3 is 19.7 Å². The molecular weight excluding hydrogens is 505 g/mol. The molecule has 1 aromatic carbocycles. The van der Waals surface area contributed by atoms with Crippen molar-refractivity contribution in [3.63, 3.8) is 0 Å². The zero-order valence-electron chi connectivity index (χ0n) is 16.7. The Morgan fingerprint density at radius 1 is 1.28 bits per heavy atom. The summed E-state index contributed by atoms with van der Waals surface area (Å²) in [6.45, 7) is 5.82. The highest BCUT2D eigenvalue weighted by molar-refractivity contribution is 14.0. The molecule has 1 amide bonds. The summed E-state index contributed by atoms with van der Waals surface area (Å²) < 4.78 is 2.02. The van der Waals surface area contributed by atoms with E-state index in [1.165, 1.54) is 0 Å². The van der Waals surface area contributed by atoms with Gasteiger partial charge in [-0.1, -0.05) is 30.7 Å². The Balaban J connectivity index is 0.00000300. The summed E-state index contributed by atoms with van der Waals surface area (Å²) in [4.78, 5) is 20.8. The summed E-state index contributed by atoms with van der Waals surface area (Å²) in [7, 11) is 1.74. The third-order valence-electron chi connectivity index (χ3n) is 4.76. The number of guanidine groups is 1. The molecule has 0 unspecified atom stereocenters. The van der Waals surface area contributed by atoms with E-state index in [0.29, 0.717) is 31.2 Å². The number of aryl methyl sites for hydroxylation is 1. The van der Waals surface area contributed by atoms with Gasteiger partial charge in [0, 0.05) is 51.2 Å². The number of nitrogens with zero attached hydrogens (tertiary/aromatic N) is 6. The molecule has 0 radical (unpaired) electrons. The standard InChI is InChI=1S/C19H26ClN7O.HI/c1-3-17-24-23-14-27(17)9-8-22-19(21-2)26-11-10-25(18(28)13-26)12-15-4-6-16(20)7-5-15;/h4-7,14H,3,8-13H2,1-2H3,(H,21,22);1H. The van der Waals surface area contributed by atoms with Crippen molar-refractivity contribution in [3.8, 4) is 0 Å². The molecule has 1 aliphatic heterocycles. The number of nitrogens with one attached hydrogen (secondary N) is 1. The van der Waals surface area contributed by atoms with E-state index in [4.69, 9.17) is 11.6 Å².